The first kappa shape index (κ1) is 14.7. The molecule has 0 atom stereocenters. The van der Waals surface area contributed by atoms with Crippen LogP contribution in [0.25, 0.3) is 0 Å². The standard InChI is InChI=1S/C15H19N3OS/c1-10(2)15-17-13(16-3)9-14(18-15)19-11-5-7-12(20-4)8-6-11/h5-10H,1-4H3,(H,16,17,18). The molecule has 0 aliphatic carbocycles. The summed E-state index contributed by atoms with van der Waals surface area (Å²) in [7, 11) is 1.84. The summed E-state index contributed by atoms with van der Waals surface area (Å²) >= 11 is 1.71. The third kappa shape index (κ3) is 3.63. The minimum absolute atomic E-state index is 0.254. The summed E-state index contributed by atoms with van der Waals surface area (Å²) in [4.78, 5) is 10.1. The molecule has 20 heavy (non-hydrogen) atoms. The Hall–Kier alpha value is -1.75. The van der Waals surface area contributed by atoms with Crippen LogP contribution in [-0.2, 0) is 0 Å². The summed E-state index contributed by atoms with van der Waals surface area (Å²) in [5, 5.41) is 3.03. The van der Waals surface area contributed by atoms with Crippen LogP contribution in [0.1, 0.15) is 25.6 Å². The van der Waals surface area contributed by atoms with E-state index in [0.717, 1.165) is 17.4 Å². The molecule has 4 nitrogen and oxygen atoms in total. The highest BCUT2D eigenvalue weighted by molar-refractivity contribution is 7.98. The summed E-state index contributed by atoms with van der Waals surface area (Å²) in [6.45, 7) is 4.12. The Morgan fingerprint density at radius 3 is 2.40 bits per heavy atom. The maximum Gasteiger partial charge on any atom is 0.224 e. The van der Waals surface area contributed by atoms with E-state index in [-0.39, 0.29) is 5.92 Å². The topological polar surface area (TPSA) is 47.0 Å². The van der Waals surface area contributed by atoms with Crippen LogP contribution >= 0.6 is 11.8 Å². The number of anilines is 1. The molecular weight excluding hydrogens is 270 g/mol. The fourth-order valence-electron chi connectivity index (χ4n) is 1.65. The average molecular weight is 289 g/mol. The van der Waals surface area contributed by atoms with Crippen molar-refractivity contribution >= 4 is 17.6 Å². The van der Waals surface area contributed by atoms with Crippen molar-refractivity contribution in [1.29, 1.82) is 0 Å². The molecule has 0 radical (unpaired) electrons. The van der Waals surface area contributed by atoms with Crippen LogP contribution in [0.3, 0.4) is 0 Å². The number of nitrogens with zero attached hydrogens (tertiary/aromatic N) is 2. The van der Waals surface area contributed by atoms with E-state index < -0.39 is 0 Å². The molecule has 5 heteroatoms. The number of rotatable bonds is 5. The summed E-state index contributed by atoms with van der Waals surface area (Å²) in [5.41, 5.74) is 0. The Bertz CT molecular complexity index is 570. The molecule has 0 amide bonds. The molecule has 2 aromatic rings. The summed E-state index contributed by atoms with van der Waals surface area (Å²) in [5.74, 6) is 3.12. The number of hydrogen-bond acceptors (Lipinski definition) is 5. The fourth-order valence-corrected chi connectivity index (χ4v) is 2.05. The van der Waals surface area contributed by atoms with E-state index in [1.807, 2.05) is 37.6 Å². The summed E-state index contributed by atoms with van der Waals surface area (Å²) < 4.78 is 5.81. The first-order chi connectivity index (χ1) is 9.62. The zero-order valence-corrected chi connectivity index (χ0v) is 13.0. The lowest BCUT2D eigenvalue weighted by molar-refractivity contribution is 0.457. The second-order valence-electron chi connectivity index (χ2n) is 4.63. The molecule has 1 aromatic heterocycles. The molecule has 0 aliphatic heterocycles. The highest BCUT2D eigenvalue weighted by Gasteiger charge is 2.09. The van der Waals surface area contributed by atoms with Gasteiger partial charge in [0.2, 0.25) is 5.88 Å². The first-order valence-electron chi connectivity index (χ1n) is 6.51. The van der Waals surface area contributed by atoms with Gasteiger partial charge in [0.25, 0.3) is 0 Å². The quantitative estimate of drug-likeness (QED) is 0.838. The predicted octanol–water partition coefficient (Wildman–Crippen LogP) is 4.16. The molecule has 1 N–H and O–H groups in total. The minimum Gasteiger partial charge on any atom is -0.439 e. The van der Waals surface area contributed by atoms with E-state index in [1.165, 1.54) is 4.90 Å². The maximum atomic E-state index is 5.81. The van der Waals surface area contributed by atoms with Crippen molar-refractivity contribution in [2.24, 2.45) is 0 Å². The van der Waals surface area contributed by atoms with Gasteiger partial charge < -0.3 is 10.1 Å². The van der Waals surface area contributed by atoms with Crippen molar-refractivity contribution in [1.82, 2.24) is 9.97 Å². The van der Waals surface area contributed by atoms with Gasteiger partial charge in [0.15, 0.2) is 0 Å². The van der Waals surface area contributed by atoms with E-state index in [9.17, 15) is 0 Å². The van der Waals surface area contributed by atoms with Crippen molar-refractivity contribution in [2.45, 2.75) is 24.7 Å². The van der Waals surface area contributed by atoms with E-state index >= 15 is 0 Å². The van der Waals surface area contributed by atoms with Gasteiger partial charge >= 0.3 is 0 Å². The van der Waals surface area contributed by atoms with Crippen molar-refractivity contribution < 1.29 is 4.74 Å². The lowest BCUT2D eigenvalue weighted by atomic mass is 10.2. The van der Waals surface area contributed by atoms with E-state index in [1.54, 1.807) is 17.8 Å². The molecule has 0 fully saturated rings. The van der Waals surface area contributed by atoms with Gasteiger partial charge in [-0.05, 0) is 30.5 Å². The zero-order chi connectivity index (χ0) is 14.5. The SMILES string of the molecule is CNc1cc(Oc2ccc(SC)cc2)nc(C(C)C)n1. The van der Waals surface area contributed by atoms with Crippen LogP contribution in [0, 0.1) is 0 Å². The van der Waals surface area contributed by atoms with E-state index in [2.05, 4.69) is 29.1 Å². The van der Waals surface area contributed by atoms with Gasteiger partial charge in [0, 0.05) is 23.9 Å². The minimum atomic E-state index is 0.254. The number of hydrogen-bond donors (Lipinski definition) is 1. The Morgan fingerprint density at radius 2 is 1.85 bits per heavy atom. The lowest BCUT2D eigenvalue weighted by Crippen LogP contribution is -2.03. The summed E-state index contributed by atoms with van der Waals surface area (Å²) in [6.07, 6.45) is 2.05. The fraction of sp³-hybridized carbons (Fsp3) is 0.333. The Kier molecular flexibility index (Phi) is 4.84. The van der Waals surface area contributed by atoms with Crippen LogP contribution in [0.5, 0.6) is 11.6 Å². The first-order valence-corrected chi connectivity index (χ1v) is 7.73. The molecule has 1 aromatic carbocycles. The van der Waals surface area contributed by atoms with Gasteiger partial charge in [-0.2, -0.15) is 4.98 Å². The number of nitrogens with one attached hydrogen (secondary N) is 1. The number of ether oxygens (including phenoxy) is 1. The van der Waals surface area contributed by atoms with Gasteiger partial charge in [-0.25, -0.2) is 4.98 Å². The maximum absolute atomic E-state index is 5.81. The number of aromatic nitrogens is 2. The molecular formula is C15H19N3OS. The smallest absolute Gasteiger partial charge is 0.224 e. The monoisotopic (exact) mass is 289 g/mol. The van der Waals surface area contributed by atoms with Crippen LogP contribution in [0.2, 0.25) is 0 Å². The highest BCUT2D eigenvalue weighted by Crippen LogP contribution is 2.25. The molecule has 0 saturated heterocycles. The van der Waals surface area contributed by atoms with Crippen LogP contribution < -0.4 is 10.1 Å². The molecule has 0 unspecified atom stereocenters. The average Bonchev–Trinajstić information content (AvgIpc) is 2.47. The predicted molar refractivity (Wildman–Crippen MR) is 84.0 cm³/mol. The van der Waals surface area contributed by atoms with Crippen molar-refractivity contribution in [3.63, 3.8) is 0 Å². The second-order valence-corrected chi connectivity index (χ2v) is 5.51. The van der Waals surface area contributed by atoms with Gasteiger partial charge in [0.05, 0.1) is 0 Å². The Balaban J connectivity index is 2.24. The summed E-state index contributed by atoms with van der Waals surface area (Å²) in [6, 6.07) is 9.76. The van der Waals surface area contributed by atoms with Crippen LogP contribution in [0.15, 0.2) is 35.2 Å². The molecule has 2 rings (SSSR count). The number of benzene rings is 1. The van der Waals surface area contributed by atoms with Crippen molar-refractivity contribution in [2.75, 3.05) is 18.6 Å². The molecule has 0 saturated carbocycles. The van der Waals surface area contributed by atoms with E-state index in [0.29, 0.717) is 5.88 Å². The molecule has 0 aliphatic rings. The zero-order valence-electron chi connectivity index (χ0n) is 12.2. The van der Waals surface area contributed by atoms with E-state index in [4.69, 9.17) is 4.74 Å². The molecule has 106 valence electrons. The van der Waals surface area contributed by atoms with Gasteiger partial charge in [-0.3, -0.25) is 0 Å². The number of thioether (sulfide) groups is 1. The van der Waals surface area contributed by atoms with Crippen molar-refractivity contribution in [3.8, 4) is 11.6 Å². The van der Waals surface area contributed by atoms with Crippen LogP contribution in [-0.4, -0.2) is 23.3 Å². The molecule has 1 heterocycles. The molecule has 0 bridgehead atoms. The lowest BCUT2D eigenvalue weighted by Gasteiger charge is -2.11. The van der Waals surface area contributed by atoms with Gasteiger partial charge in [-0.1, -0.05) is 13.8 Å². The molecule has 0 spiro atoms. The highest BCUT2D eigenvalue weighted by atomic mass is 32.2. The van der Waals surface area contributed by atoms with Gasteiger partial charge in [-0.15, -0.1) is 11.8 Å². The van der Waals surface area contributed by atoms with Crippen LogP contribution in [0.4, 0.5) is 5.82 Å². The largest absolute Gasteiger partial charge is 0.439 e. The Labute approximate surface area is 124 Å². The second kappa shape index (κ2) is 6.61. The third-order valence-electron chi connectivity index (χ3n) is 2.77. The normalized spacial score (nSPS) is 10.7. The Morgan fingerprint density at radius 1 is 1.15 bits per heavy atom. The van der Waals surface area contributed by atoms with Gasteiger partial charge in [0.1, 0.15) is 17.4 Å². The van der Waals surface area contributed by atoms with Crippen molar-refractivity contribution in [3.05, 3.63) is 36.2 Å². The third-order valence-corrected chi connectivity index (χ3v) is 3.52.